The van der Waals surface area contributed by atoms with Gasteiger partial charge in [-0.2, -0.15) is 5.10 Å². The molecule has 18 heavy (non-hydrogen) atoms. The molecule has 3 rings (SSSR count). The van der Waals surface area contributed by atoms with Gasteiger partial charge in [-0.1, -0.05) is 36.4 Å². The molecule has 0 atom stereocenters. The zero-order valence-electron chi connectivity index (χ0n) is 9.80. The third kappa shape index (κ3) is 2.11. The lowest BCUT2D eigenvalue weighted by atomic mass is 10.2. The van der Waals surface area contributed by atoms with Gasteiger partial charge >= 0.3 is 0 Å². The molecule has 0 spiro atoms. The fourth-order valence-corrected chi connectivity index (χ4v) is 1.89. The van der Waals surface area contributed by atoms with E-state index < -0.39 is 0 Å². The minimum Gasteiger partial charge on any atom is -0.361 e. The van der Waals surface area contributed by atoms with E-state index in [0.717, 1.165) is 16.8 Å². The molecule has 3 heteroatoms. The number of nitrogens with zero attached hydrogens (tertiary/aromatic N) is 1. The van der Waals surface area contributed by atoms with E-state index in [0.29, 0.717) is 0 Å². The van der Waals surface area contributed by atoms with Crippen molar-refractivity contribution in [1.29, 1.82) is 0 Å². The van der Waals surface area contributed by atoms with Crippen LogP contribution in [-0.4, -0.2) is 11.2 Å². The zero-order valence-corrected chi connectivity index (χ0v) is 9.80. The molecule has 0 fully saturated rings. The Morgan fingerprint density at radius 3 is 2.61 bits per heavy atom. The summed E-state index contributed by atoms with van der Waals surface area (Å²) in [5, 5.41) is 5.42. The number of benzene rings is 2. The molecule has 0 aliphatic rings. The van der Waals surface area contributed by atoms with Crippen molar-refractivity contribution in [3.8, 4) is 0 Å². The van der Waals surface area contributed by atoms with Gasteiger partial charge in [0.15, 0.2) is 0 Å². The molecule has 2 aromatic carbocycles. The zero-order chi connectivity index (χ0) is 12.2. The van der Waals surface area contributed by atoms with Crippen LogP contribution >= 0.6 is 0 Å². The molecule has 0 saturated carbocycles. The molecular weight excluding hydrogens is 222 g/mol. The van der Waals surface area contributed by atoms with Gasteiger partial charge in [-0.3, -0.25) is 5.43 Å². The number of para-hydroxylation sites is 2. The topological polar surface area (TPSA) is 40.2 Å². The second-order valence-corrected chi connectivity index (χ2v) is 4.03. The summed E-state index contributed by atoms with van der Waals surface area (Å²) in [6.45, 7) is 0. The predicted octanol–water partition coefficient (Wildman–Crippen LogP) is 3.61. The van der Waals surface area contributed by atoms with Gasteiger partial charge in [0.25, 0.3) is 0 Å². The van der Waals surface area contributed by atoms with Crippen LogP contribution in [0.3, 0.4) is 0 Å². The third-order valence-electron chi connectivity index (χ3n) is 2.79. The van der Waals surface area contributed by atoms with E-state index in [-0.39, 0.29) is 0 Å². The monoisotopic (exact) mass is 235 g/mol. The minimum atomic E-state index is 0.980. The standard InChI is InChI=1S/C15H13N3/c1-2-6-13(7-3-1)18-17-11-12-10-16-15-9-5-4-8-14(12)15/h1-11,16,18H/b17-11-. The van der Waals surface area contributed by atoms with Gasteiger partial charge in [-0.25, -0.2) is 0 Å². The Kier molecular flexibility index (Phi) is 2.80. The van der Waals surface area contributed by atoms with Crippen molar-refractivity contribution >= 4 is 22.8 Å². The van der Waals surface area contributed by atoms with Gasteiger partial charge in [-0.05, 0) is 18.2 Å². The summed E-state index contributed by atoms with van der Waals surface area (Å²) in [5.41, 5.74) is 6.18. The Morgan fingerprint density at radius 2 is 1.72 bits per heavy atom. The summed E-state index contributed by atoms with van der Waals surface area (Å²) in [6, 6.07) is 18.1. The van der Waals surface area contributed by atoms with E-state index in [1.54, 1.807) is 0 Å². The van der Waals surface area contributed by atoms with Crippen LogP contribution in [0.25, 0.3) is 10.9 Å². The van der Waals surface area contributed by atoms with E-state index in [4.69, 9.17) is 0 Å². The van der Waals surface area contributed by atoms with Crippen molar-refractivity contribution in [1.82, 2.24) is 4.98 Å². The highest BCUT2D eigenvalue weighted by Crippen LogP contribution is 2.15. The number of aromatic amines is 1. The van der Waals surface area contributed by atoms with Gasteiger partial charge < -0.3 is 4.98 Å². The molecular formula is C15H13N3. The number of rotatable bonds is 3. The number of anilines is 1. The van der Waals surface area contributed by atoms with E-state index in [1.165, 1.54) is 5.39 Å². The molecule has 2 N–H and O–H groups in total. The lowest BCUT2D eigenvalue weighted by Gasteiger charge is -1.97. The molecule has 88 valence electrons. The van der Waals surface area contributed by atoms with E-state index in [1.807, 2.05) is 54.9 Å². The summed E-state index contributed by atoms with van der Waals surface area (Å²) in [7, 11) is 0. The fourth-order valence-electron chi connectivity index (χ4n) is 1.89. The summed E-state index contributed by atoms with van der Waals surface area (Å²) >= 11 is 0. The molecule has 3 aromatic rings. The normalized spacial score (nSPS) is 11.1. The first kappa shape index (κ1) is 10.6. The minimum absolute atomic E-state index is 0.980. The number of nitrogens with one attached hydrogen (secondary N) is 2. The largest absolute Gasteiger partial charge is 0.361 e. The summed E-state index contributed by atoms with van der Waals surface area (Å²) < 4.78 is 0. The van der Waals surface area contributed by atoms with Crippen LogP contribution in [0.2, 0.25) is 0 Å². The number of fused-ring (bicyclic) bond motifs is 1. The van der Waals surface area contributed by atoms with Crippen LogP contribution in [0.15, 0.2) is 65.9 Å². The third-order valence-corrected chi connectivity index (χ3v) is 2.79. The second-order valence-electron chi connectivity index (χ2n) is 4.03. The lowest BCUT2D eigenvalue weighted by molar-refractivity contribution is 1.35. The molecule has 3 nitrogen and oxygen atoms in total. The molecule has 0 aliphatic heterocycles. The van der Waals surface area contributed by atoms with E-state index >= 15 is 0 Å². The van der Waals surface area contributed by atoms with Crippen LogP contribution in [0.1, 0.15) is 5.56 Å². The predicted molar refractivity (Wildman–Crippen MR) is 76.0 cm³/mol. The van der Waals surface area contributed by atoms with Crippen molar-refractivity contribution in [3.05, 3.63) is 66.4 Å². The van der Waals surface area contributed by atoms with Crippen LogP contribution < -0.4 is 5.43 Å². The summed E-state index contributed by atoms with van der Waals surface area (Å²) in [5.74, 6) is 0. The van der Waals surface area contributed by atoms with Crippen molar-refractivity contribution in [3.63, 3.8) is 0 Å². The molecule has 0 bridgehead atoms. The lowest BCUT2D eigenvalue weighted by Crippen LogP contribution is -1.89. The highest BCUT2D eigenvalue weighted by molar-refractivity contribution is 5.99. The van der Waals surface area contributed by atoms with E-state index in [2.05, 4.69) is 27.6 Å². The number of aromatic nitrogens is 1. The van der Waals surface area contributed by atoms with E-state index in [9.17, 15) is 0 Å². The average molecular weight is 235 g/mol. The first-order chi connectivity index (χ1) is 8.93. The van der Waals surface area contributed by atoms with Gasteiger partial charge in [-0.15, -0.1) is 0 Å². The quantitative estimate of drug-likeness (QED) is 0.528. The molecule has 1 aromatic heterocycles. The second kappa shape index (κ2) is 4.75. The summed E-state index contributed by atoms with van der Waals surface area (Å²) in [6.07, 6.45) is 3.78. The number of hydrazone groups is 1. The Bertz CT molecular complexity index is 668. The number of hydrogen-bond donors (Lipinski definition) is 2. The number of hydrogen-bond acceptors (Lipinski definition) is 2. The Balaban J connectivity index is 1.80. The average Bonchev–Trinajstić information content (AvgIpc) is 2.84. The van der Waals surface area contributed by atoms with Gasteiger partial charge in [0.05, 0.1) is 11.9 Å². The maximum atomic E-state index is 4.24. The number of H-pyrrole nitrogens is 1. The van der Waals surface area contributed by atoms with Crippen LogP contribution in [0.4, 0.5) is 5.69 Å². The molecule has 1 heterocycles. The fraction of sp³-hybridized carbons (Fsp3) is 0. The first-order valence-electron chi connectivity index (χ1n) is 5.84. The first-order valence-corrected chi connectivity index (χ1v) is 5.84. The molecule has 0 aliphatic carbocycles. The Morgan fingerprint density at radius 1 is 0.944 bits per heavy atom. The Labute approximate surface area is 105 Å². The van der Waals surface area contributed by atoms with Gasteiger partial charge in [0, 0.05) is 22.7 Å². The van der Waals surface area contributed by atoms with Crippen molar-refractivity contribution in [2.45, 2.75) is 0 Å². The maximum Gasteiger partial charge on any atom is 0.0566 e. The van der Waals surface area contributed by atoms with Crippen molar-refractivity contribution < 1.29 is 0 Å². The highest BCUT2D eigenvalue weighted by Gasteiger charge is 1.98. The highest BCUT2D eigenvalue weighted by atomic mass is 15.3. The van der Waals surface area contributed by atoms with Crippen LogP contribution in [-0.2, 0) is 0 Å². The maximum absolute atomic E-state index is 4.24. The molecule has 0 saturated heterocycles. The van der Waals surface area contributed by atoms with Gasteiger partial charge in [0.2, 0.25) is 0 Å². The smallest absolute Gasteiger partial charge is 0.0566 e. The molecule has 0 unspecified atom stereocenters. The Hall–Kier alpha value is -2.55. The van der Waals surface area contributed by atoms with Crippen molar-refractivity contribution in [2.24, 2.45) is 5.10 Å². The SMILES string of the molecule is C(=N/Nc1ccccc1)/c1c[nH]c2ccccc12. The van der Waals surface area contributed by atoms with Gasteiger partial charge in [0.1, 0.15) is 0 Å². The van der Waals surface area contributed by atoms with Crippen LogP contribution in [0.5, 0.6) is 0 Å². The molecule has 0 radical (unpaired) electrons. The molecule has 0 amide bonds. The summed E-state index contributed by atoms with van der Waals surface area (Å²) in [4.78, 5) is 3.22. The van der Waals surface area contributed by atoms with Crippen molar-refractivity contribution in [2.75, 3.05) is 5.43 Å². The van der Waals surface area contributed by atoms with Crippen LogP contribution in [0, 0.1) is 0 Å².